The molecule has 0 spiro atoms. The van der Waals surface area contributed by atoms with Crippen LogP contribution in [0.2, 0.25) is 0 Å². The summed E-state index contributed by atoms with van der Waals surface area (Å²) in [6, 6.07) is 24.6. The summed E-state index contributed by atoms with van der Waals surface area (Å²) < 4.78 is 0. The predicted molar refractivity (Wildman–Crippen MR) is 111 cm³/mol. The van der Waals surface area contributed by atoms with Crippen molar-refractivity contribution in [2.45, 2.75) is 19.4 Å². The molecule has 3 heteroatoms. The number of nitrogens with one attached hydrogen (secondary N) is 1. The molecule has 1 N–H and O–H groups in total. The fourth-order valence-corrected chi connectivity index (χ4v) is 3.95. The van der Waals surface area contributed by atoms with Crippen LogP contribution in [0.4, 0.5) is 0 Å². The SMILES string of the molecule is O=C(NCC1CCN(Cc2ccccc2)CC1)c1cccc2ccccc12. The van der Waals surface area contributed by atoms with E-state index in [1.165, 1.54) is 5.56 Å². The van der Waals surface area contributed by atoms with Crippen LogP contribution in [0, 0.1) is 5.92 Å². The highest BCUT2D eigenvalue weighted by molar-refractivity contribution is 6.06. The van der Waals surface area contributed by atoms with E-state index in [-0.39, 0.29) is 5.91 Å². The summed E-state index contributed by atoms with van der Waals surface area (Å²) in [5.41, 5.74) is 2.15. The summed E-state index contributed by atoms with van der Waals surface area (Å²) in [6.07, 6.45) is 2.28. The van der Waals surface area contributed by atoms with Crippen molar-refractivity contribution in [3.8, 4) is 0 Å². The standard InChI is InChI=1S/C24H26N2O/c27-24(23-12-6-10-21-9-4-5-11-22(21)23)25-17-19-13-15-26(16-14-19)18-20-7-2-1-3-8-20/h1-12,19H,13-18H2,(H,25,27). The molecule has 1 fully saturated rings. The van der Waals surface area contributed by atoms with Gasteiger partial charge < -0.3 is 5.32 Å². The van der Waals surface area contributed by atoms with Gasteiger partial charge in [-0.05, 0) is 54.3 Å². The van der Waals surface area contributed by atoms with E-state index in [0.717, 1.165) is 55.4 Å². The van der Waals surface area contributed by atoms with E-state index in [2.05, 4.69) is 52.7 Å². The van der Waals surface area contributed by atoms with Crippen LogP contribution in [-0.4, -0.2) is 30.4 Å². The van der Waals surface area contributed by atoms with Crippen molar-refractivity contribution in [3.05, 3.63) is 83.9 Å². The maximum absolute atomic E-state index is 12.7. The fraction of sp³-hybridized carbons (Fsp3) is 0.292. The van der Waals surface area contributed by atoms with Gasteiger partial charge in [0.05, 0.1) is 0 Å². The first-order chi connectivity index (χ1) is 13.3. The van der Waals surface area contributed by atoms with Crippen LogP contribution in [0.15, 0.2) is 72.8 Å². The van der Waals surface area contributed by atoms with E-state index in [0.29, 0.717) is 5.92 Å². The topological polar surface area (TPSA) is 32.3 Å². The van der Waals surface area contributed by atoms with Gasteiger partial charge >= 0.3 is 0 Å². The highest BCUT2D eigenvalue weighted by Gasteiger charge is 2.20. The molecule has 1 aliphatic rings. The van der Waals surface area contributed by atoms with Crippen molar-refractivity contribution < 1.29 is 4.79 Å². The van der Waals surface area contributed by atoms with Crippen molar-refractivity contribution in [1.82, 2.24) is 10.2 Å². The lowest BCUT2D eigenvalue weighted by Gasteiger charge is -2.32. The zero-order valence-corrected chi connectivity index (χ0v) is 15.6. The lowest BCUT2D eigenvalue weighted by Crippen LogP contribution is -2.38. The van der Waals surface area contributed by atoms with Gasteiger partial charge in [-0.25, -0.2) is 0 Å². The fourth-order valence-electron chi connectivity index (χ4n) is 3.95. The molecule has 3 nitrogen and oxygen atoms in total. The van der Waals surface area contributed by atoms with Gasteiger partial charge in [0, 0.05) is 18.7 Å². The predicted octanol–water partition coefficient (Wildman–Crippen LogP) is 4.48. The van der Waals surface area contributed by atoms with Crippen LogP contribution in [0.1, 0.15) is 28.8 Å². The second kappa shape index (κ2) is 8.36. The summed E-state index contributed by atoms with van der Waals surface area (Å²) in [5.74, 6) is 0.606. The van der Waals surface area contributed by atoms with Gasteiger partial charge in [-0.1, -0.05) is 66.7 Å². The number of nitrogens with zero attached hydrogens (tertiary/aromatic N) is 1. The van der Waals surface area contributed by atoms with Crippen molar-refractivity contribution in [1.29, 1.82) is 0 Å². The lowest BCUT2D eigenvalue weighted by atomic mass is 9.96. The zero-order valence-electron chi connectivity index (χ0n) is 15.6. The third-order valence-electron chi connectivity index (χ3n) is 5.54. The van der Waals surface area contributed by atoms with Crippen molar-refractivity contribution in [2.75, 3.05) is 19.6 Å². The third-order valence-corrected chi connectivity index (χ3v) is 5.54. The normalized spacial score (nSPS) is 15.7. The van der Waals surface area contributed by atoms with Gasteiger partial charge in [-0.2, -0.15) is 0 Å². The van der Waals surface area contributed by atoms with Gasteiger partial charge in [0.15, 0.2) is 0 Å². The molecule has 0 bridgehead atoms. The summed E-state index contributed by atoms with van der Waals surface area (Å²) in [6.45, 7) is 3.99. The molecule has 1 heterocycles. The molecule has 3 aromatic rings. The molecule has 4 rings (SSSR count). The number of fused-ring (bicyclic) bond motifs is 1. The van der Waals surface area contributed by atoms with Crippen molar-refractivity contribution >= 4 is 16.7 Å². The molecular weight excluding hydrogens is 332 g/mol. The Labute approximate surface area is 161 Å². The number of hydrogen-bond donors (Lipinski definition) is 1. The van der Waals surface area contributed by atoms with Crippen molar-refractivity contribution in [2.24, 2.45) is 5.92 Å². The molecule has 0 aromatic heterocycles. The van der Waals surface area contributed by atoms with E-state index in [4.69, 9.17) is 0 Å². The number of hydrogen-bond acceptors (Lipinski definition) is 2. The summed E-state index contributed by atoms with van der Waals surface area (Å²) in [5, 5.41) is 5.30. The largest absolute Gasteiger partial charge is 0.352 e. The minimum absolute atomic E-state index is 0.0403. The molecule has 0 atom stereocenters. The first kappa shape index (κ1) is 17.7. The highest BCUT2D eigenvalue weighted by Crippen LogP contribution is 2.20. The second-order valence-corrected chi connectivity index (χ2v) is 7.44. The van der Waals surface area contributed by atoms with E-state index in [1.54, 1.807) is 0 Å². The van der Waals surface area contributed by atoms with Gasteiger partial charge in [0.1, 0.15) is 0 Å². The molecular formula is C24H26N2O. The molecule has 1 saturated heterocycles. The average molecular weight is 358 g/mol. The Hall–Kier alpha value is -2.65. The molecule has 138 valence electrons. The molecule has 1 aliphatic heterocycles. The quantitative estimate of drug-likeness (QED) is 0.729. The Bertz CT molecular complexity index is 893. The van der Waals surface area contributed by atoms with E-state index >= 15 is 0 Å². The van der Waals surface area contributed by atoms with E-state index < -0.39 is 0 Å². The first-order valence-electron chi connectivity index (χ1n) is 9.82. The minimum Gasteiger partial charge on any atom is -0.352 e. The summed E-state index contributed by atoms with van der Waals surface area (Å²) >= 11 is 0. The number of benzene rings is 3. The number of carbonyl (C=O) groups is 1. The van der Waals surface area contributed by atoms with Crippen molar-refractivity contribution in [3.63, 3.8) is 0 Å². The van der Waals surface area contributed by atoms with Crippen LogP contribution < -0.4 is 5.32 Å². The number of amides is 1. The number of carbonyl (C=O) groups excluding carboxylic acids is 1. The highest BCUT2D eigenvalue weighted by atomic mass is 16.1. The van der Waals surface area contributed by atoms with Crippen LogP contribution in [0.3, 0.4) is 0 Å². The maximum atomic E-state index is 12.7. The van der Waals surface area contributed by atoms with Gasteiger partial charge in [0.25, 0.3) is 5.91 Å². The monoisotopic (exact) mass is 358 g/mol. The Morgan fingerprint density at radius 3 is 2.41 bits per heavy atom. The summed E-state index contributed by atoms with van der Waals surface area (Å²) in [7, 11) is 0. The number of piperidine rings is 1. The second-order valence-electron chi connectivity index (χ2n) is 7.44. The van der Waals surface area contributed by atoms with Crippen LogP contribution in [-0.2, 0) is 6.54 Å². The van der Waals surface area contributed by atoms with Gasteiger partial charge in [-0.3, -0.25) is 9.69 Å². The molecule has 3 aromatic carbocycles. The van der Waals surface area contributed by atoms with E-state index in [9.17, 15) is 4.79 Å². The minimum atomic E-state index is 0.0403. The molecule has 0 radical (unpaired) electrons. The lowest BCUT2D eigenvalue weighted by molar-refractivity contribution is 0.0937. The van der Waals surface area contributed by atoms with Gasteiger partial charge in [-0.15, -0.1) is 0 Å². The molecule has 27 heavy (non-hydrogen) atoms. The molecule has 0 unspecified atom stereocenters. The molecule has 0 saturated carbocycles. The Balaban J connectivity index is 1.29. The first-order valence-corrected chi connectivity index (χ1v) is 9.82. The van der Waals surface area contributed by atoms with Crippen LogP contribution in [0.5, 0.6) is 0 Å². The maximum Gasteiger partial charge on any atom is 0.251 e. The average Bonchev–Trinajstić information content (AvgIpc) is 2.73. The van der Waals surface area contributed by atoms with Crippen LogP contribution in [0.25, 0.3) is 10.8 Å². The number of likely N-dealkylation sites (tertiary alicyclic amines) is 1. The van der Waals surface area contributed by atoms with Gasteiger partial charge in [0.2, 0.25) is 0 Å². The third kappa shape index (κ3) is 4.37. The smallest absolute Gasteiger partial charge is 0.251 e. The number of rotatable bonds is 5. The molecule has 0 aliphatic carbocycles. The Kier molecular flexibility index (Phi) is 5.50. The zero-order chi connectivity index (χ0) is 18.5. The van der Waals surface area contributed by atoms with Crippen LogP contribution >= 0.6 is 0 Å². The van der Waals surface area contributed by atoms with E-state index in [1.807, 2.05) is 30.3 Å². The molecule has 1 amide bonds. The Morgan fingerprint density at radius 1 is 0.889 bits per heavy atom. The Morgan fingerprint density at radius 2 is 1.59 bits per heavy atom. The summed E-state index contributed by atoms with van der Waals surface area (Å²) in [4.78, 5) is 15.2.